The Kier molecular flexibility index (Phi) is 3.96. The summed E-state index contributed by atoms with van der Waals surface area (Å²) in [5.74, 6) is 2.39. The van der Waals surface area contributed by atoms with Crippen molar-refractivity contribution in [2.45, 2.75) is 36.7 Å². The molecule has 1 aromatic carbocycles. The molecule has 2 aromatic rings. The number of nitrogens with two attached hydrogens (primary N) is 1. The summed E-state index contributed by atoms with van der Waals surface area (Å²) < 4.78 is 5.32. The zero-order chi connectivity index (χ0) is 14.8. The molecule has 1 aliphatic carbocycles. The van der Waals surface area contributed by atoms with E-state index in [9.17, 15) is 4.79 Å². The van der Waals surface area contributed by atoms with Gasteiger partial charge in [0.2, 0.25) is 11.8 Å². The van der Waals surface area contributed by atoms with Gasteiger partial charge < -0.3 is 10.3 Å². The van der Waals surface area contributed by atoms with E-state index in [0.29, 0.717) is 17.4 Å². The van der Waals surface area contributed by atoms with Gasteiger partial charge in [-0.25, -0.2) is 0 Å². The number of amides is 1. The van der Waals surface area contributed by atoms with E-state index in [1.807, 2.05) is 25.1 Å². The van der Waals surface area contributed by atoms with E-state index in [-0.39, 0.29) is 5.25 Å². The molecule has 1 amide bonds. The summed E-state index contributed by atoms with van der Waals surface area (Å²) in [6.07, 6.45) is 2.33. The minimum atomic E-state index is -0.402. The third-order valence-corrected chi connectivity index (χ3v) is 4.66. The van der Waals surface area contributed by atoms with Gasteiger partial charge in [0.15, 0.2) is 5.82 Å². The number of benzene rings is 1. The normalized spacial score (nSPS) is 15.9. The molecule has 1 aliphatic rings. The number of hydrogen-bond acceptors (Lipinski definition) is 5. The van der Waals surface area contributed by atoms with Gasteiger partial charge in [-0.05, 0) is 37.5 Å². The van der Waals surface area contributed by atoms with Crippen LogP contribution in [-0.4, -0.2) is 16.0 Å². The first-order valence-electron chi connectivity index (χ1n) is 6.97. The first kappa shape index (κ1) is 14.1. The maximum Gasteiger partial charge on any atom is 0.248 e. The Morgan fingerprint density at radius 1 is 1.52 bits per heavy atom. The summed E-state index contributed by atoms with van der Waals surface area (Å²) in [5.41, 5.74) is 6.88. The van der Waals surface area contributed by atoms with Crippen molar-refractivity contribution in [3.8, 4) is 0 Å². The van der Waals surface area contributed by atoms with Crippen molar-refractivity contribution in [1.82, 2.24) is 10.1 Å². The predicted molar refractivity (Wildman–Crippen MR) is 80.9 cm³/mol. The van der Waals surface area contributed by atoms with Gasteiger partial charge in [0.25, 0.3) is 0 Å². The lowest BCUT2D eigenvalue weighted by Gasteiger charge is -2.07. The molecule has 0 aliphatic heterocycles. The third-order valence-electron chi connectivity index (χ3n) is 3.46. The van der Waals surface area contributed by atoms with Gasteiger partial charge in [0, 0.05) is 17.2 Å². The molecular formula is C15H17N3O2S. The summed E-state index contributed by atoms with van der Waals surface area (Å²) in [7, 11) is 0. The van der Waals surface area contributed by atoms with E-state index < -0.39 is 5.91 Å². The zero-order valence-corrected chi connectivity index (χ0v) is 12.6. The summed E-state index contributed by atoms with van der Waals surface area (Å²) in [5, 5.41) is 4.16. The minimum absolute atomic E-state index is 0.127. The van der Waals surface area contributed by atoms with Crippen LogP contribution in [-0.2, 0) is 5.75 Å². The molecule has 0 radical (unpaired) electrons. The summed E-state index contributed by atoms with van der Waals surface area (Å²) in [6, 6.07) is 7.37. The number of thioether (sulfide) groups is 1. The van der Waals surface area contributed by atoms with E-state index in [4.69, 9.17) is 10.3 Å². The molecule has 21 heavy (non-hydrogen) atoms. The minimum Gasteiger partial charge on any atom is -0.366 e. The highest BCUT2D eigenvalue weighted by Gasteiger charge is 2.29. The lowest BCUT2D eigenvalue weighted by Crippen LogP contribution is -2.10. The van der Waals surface area contributed by atoms with Crippen LogP contribution in [0.5, 0.6) is 0 Å². The Hall–Kier alpha value is -1.82. The second-order valence-corrected chi connectivity index (χ2v) is 6.61. The van der Waals surface area contributed by atoms with Crippen LogP contribution in [0.25, 0.3) is 0 Å². The number of aromatic nitrogens is 2. The van der Waals surface area contributed by atoms with Crippen LogP contribution in [0.15, 0.2) is 28.8 Å². The van der Waals surface area contributed by atoms with Gasteiger partial charge in [-0.1, -0.05) is 17.3 Å². The van der Waals surface area contributed by atoms with Gasteiger partial charge >= 0.3 is 0 Å². The summed E-state index contributed by atoms with van der Waals surface area (Å²) in [4.78, 5) is 15.6. The van der Waals surface area contributed by atoms with Gasteiger partial charge in [0.1, 0.15) is 0 Å². The van der Waals surface area contributed by atoms with Crippen LogP contribution in [0.3, 0.4) is 0 Å². The van der Waals surface area contributed by atoms with Crippen LogP contribution in [0.2, 0.25) is 0 Å². The quantitative estimate of drug-likeness (QED) is 0.887. The summed E-state index contributed by atoms with van der Waals surface area (Å²) in [6.45, 7) is 2.05. The van der Waals surface area contributed by atoms with E-state index in [1.54, 1.807) is 17.8 Å². The number of rotatable bonds is 6. The van der Waals surface area contributed by atoms with E-state index in [2.05, 4.69) is 10.1 Å². The van der Waals surface area contributed by atoms with Crippen LogP contribution in [0, 0.1) is 0 Å². The van der Waals surface area contributed by atoms with Crippen molar-refractivity contribution in [1.29, 1.82) is 0 Å². The fraction of sp³-hybridized carbons (Fsp3) is 0.400. The summed E-state index contributed by atoms with van der Waals surface area (Å²) >= 11 is 1.70. The number of hydrogen-bond donors (Lipinski definition) is 1. The molecule has 1 atom stereocenters. The van der Waals surface area contributed by atoms with Crippen LogP contribution in [0.1, 0.15) is 58.6 Å². The second-order valence-electron chi connectivity index (χ2n) is 5.28. The van der Waals surface area contributed by atoms with Crippen molar-refractivity contribution < 1.29 is 9.32 Å². The molecule has 2 N–H and O–H groups in total. The Morgan fingerprint density at radius 2 is 2.33 bits per heavy atom. The molecule has 3 rings (SSSR count). The van der Waals surface area contributed by atoms with E-state index in [1.165, 1.54) is 12.8 Å². The maximum atomic E-state index is 11.2. The molecule has 6 heteroatoms. The average Bonchev–Trinajstić information content (AvgIpc) is 3.22. The SMILES string of the molecule is C[C@@H](SCc1cccc(C(N)=O)c1)c1nc(C2CC2)no1. The Labute approximate surface area is 127 Å². The largest absolute Gasteiger partial charge is 0.366 e. The zero-order valence-electron chi connectivity index (χ0n) is 11.8. The van der Waals surface area contributed by atoms with Crippen LogP contribution >= 0.6 is 11.8 Å². The Balaban J connectivity index is 1.60. The number of carbonyl (C=O) groups is 1. The van der Waals surface area contributed by atoms with Gasteiger partial charge in [-0.3, -0.25) is 4.79 Å². The van der Waals surface area contributed by atoms with Crippen molar-refractivity contribution in [2.75, 3.05) is 0 Å². The van der Waals surface area contributed by atoms with E-state index in [0.717, 1.165) is 17.1 Å². The molecule has 1 heterocycles. The van der Waals surface area contributed by atoms with Crippen molar-refractivity contribution in [3.63, 3.8) is 0 Å². The number of primary amides is 1. The van der Waals surface area contributed by atoms with Crippen molar-refractivity contribution in [3.05, 3.63) is 47.1 Å². The van der Waals surface area contributed by atoms with Crippen LogP contribution < -0.4 is 5.73 Å². The molecule has 1 saturated carbocycles. The lowest BCUT2D eigenvalue weighted by molar-refractivity contribution is 0.1000. The molecule has 0 saturated heterocycles. The smallest absolute Gasteiger partial charge is 0.248 e. The Morgan fingerprint density at radius 3 is 3.05 bits per heavy atom. The molecule has 0 spiro atoms. The van der Waals surface area contributed by atoms with Gasteiger partial charge in [-0.2, -0.15) is 4.98 Å². The second kappa shape index (κ2) is 5.89. The first-order chi connectivity index (χ1) is 10.1. The van der Waals surface area contributed by atoms with E-state index >= 15 is 0 Å². The predicted octanol–water partition coefficient (Wildman–Crippen LogP) is 3.04. The highest BCUT2D eigenvalue weighted by atomic mass is 32.2. The fourth-order valence-electron chi connectivity index (χ4n) is 2.03. The highest BCUT2D eigenvalue weighted by molar-refractivity contribution is 7.98. The standard InChI is InChI=1S/C15H17N3O2S/c1-9(15-17-14(18-20-15)11-5-6-11)21-8-10-3-2-4-12(7-10)13(16)19/h2-4,7,9,11H,5-6,8H2,1H3,(H2,16,19)/t9-/m1/s1. The molecule has 5 nitrogen and oxygen atoms in total. The third kappa shape index (κ3) is 3.44. The monoisotopic (exact) mass is 303 g/mol. The van der Waals surface area contributed by atoms with Crippen molar-refractivity contribution >= 4 is 17.7 Å². The molecular weight excluding hydrogens is 286 g/mol. The molecule has 0 unspecified atom stereocenters. The Bertz CT molecular complexity index is 652. The topological polar surface area (TPSA) is 82.0 Å². The van der Waals surface area contributed by atoms with Crippen molar-refractivity contribution in [2.24, 2.45) is 5.73 Å². The number of carbonyl (C=O) groups excluding carboxylic acids is 1. The van der Waals surface area contributed by atoms with Crippen LogP contribution in [0.4, 0.5) is 0 Å². The van der Waals surface area contributed by atoms with Gasteiger partial charge in [-0.15, -0.1) is 11.8 Å². The molecule has 110 valence electrons. The van der Waals surface area contributed by atoms with Gasteiger partial charge in [0.05, 0.1) is 5.25 Å². The first-order valence-corrected chi connectivity index (χ1v) is 8.02. The molecule has 0 bridgehead atoms. The highest BCUT2D eigenvalue weighted by Crippen LogP contribution is 2.39. The molecule has 1 fully saturated rings. The fourth-order valence-corrected chi connectivity index (χ4v) is 2.89. The average molecular weight is 303 g/mol. The lowest BCUT2D eigenvalue weighted by atomic mass is 10.1. The molecule has 1 aromatic heterocycles. The maximum absolute atomic E-state index is 11.2. The number of nitrogens with zero attached hydrogens (tertiary/aromatic N) is 2.